The maximum Gasteiger partial charge on any atom is 0.214 e. The monoisotopic (exact) mass is 200 g/mol. The van der Waals surface area contributed by atoms with Crippen molar-refractivity contribution in [2.75, 3.05) is 19.6 Å². The highest BCUT2D eigenvalue weighted by Crippen LogP contribution is 2.17. The Bertz CT molecular complexity index is 264. The molecule has 1 amide bonds. The van der Waals surface area contributed by atoms with Crippen molar-refractivity contribution in [3.8, 4) is 0 Å². The van der Waals surface area contributed by atoms with E-state index in [0.29, 0.717) is 13.0 Å². The third kappa shape index (κ3) is 2.51. The Hall–Kier alpha value is -1.46. The number of likely N-dealkylation sites (tertiary alicyclic amines) is 1. The third-order valence-corrected chi connectivity index (χ3v) is 2.37. The van der Waals surface area contributed by atoms with Gasteiger partial charge >= 0.3 is 0 Å². The van der Waals surface area contributed by atoms with Crippen molar-refractivity contribution < 1.29 is 15.0 Å². The van der Waals surface area contributed by atoms with Crippen LogP contribution in [0, 0.1) is 11.4 Å². The average molecular weight is 200 g/mol. The highest BCUT2D eigenvalue weighted by Gasteiger charge is 2.28. The van der Waals surface area contributed by atoms with Crippen LogP contribution in [-0.4, -0.2) is 41.8 Å². The fraction of sp³-hybridized carbons (Fsp3) is 0.857. The summed E-state index contributed by atoms with van der Waals surface area (Å²) in [7, 11) is 0. The topological polar surface area (TPSA) is 114 Å². The molecule has 0 radical (unpaired) electrons. The second kappa shape index (κ2) is 4.69. The second-order valence-electron chi connectivity index (χ2n) is 3.25. The quantitative estimate of drug-likeness (QED) is 0.420. The summed E-state index contributed by atoms with van der Waals surface area (Å²) in [4.78, 5) is 14.4. The molecule has 1 heterocycles. The molecule has 1 aliphatic heterocycles. The van der Waals surface area contributed by atoms with E-state index in [-0.39, 0.29) is 19.0 Å². The average Bonchev–Trinajstić information content (AvgIpc) is 2.15. The molecule has 1 fully saturated rings. The smallest absolute Gasteiger partial charge is 0.214 e. The summed E-state index contributed by atoms with van der Waals surface area (Å²) in [6.45, 7) is 0.670. The SMILES string of the molecule is N=[N+]=NCC1CCN(C(=O)[O-])CC1O. The van der Waals surface area contributed by atoms with Crippen molar-refractivity contribution in [1.82, 2.24) is 9.81 Å². The van der Waals surface area contributed by atoms with Gasteiger partial charge in [-0.15, -0.1) is 0 Å². The van der Waals surface area contributed by atoms with Crippen molar-refractivity contribution >= 4 is 6.09 Å². The molecule has 0 bridgehead atoms. The lowest BCUT2D eigenvalue weighted by Crippen LogP contribution is -2.51. The zero-order valence-electron chi connectivity index (χ0n) is 7.59. The number of aliphatic hydroxyl groups excluding tert-OH is 1. The molecule has 2 N–H and O–H groups in total. The van der Waals surface area contributed by atoms with Gasteiger partial charge in [0.15, 0.2) is 0 Å². The molecule has 0 spiro atoms. The van der Waals surface area contributed by atoms with Gasteiger partial charge in [-0.2, -0.15) is 0 Å². The molecule has 2 unspecified atom stereocenters. The number of β-amino-alcohol motifs (C(OH)–C–C–N with tert-alkyl or cyclic N) is 1. The molecule has 1 aliphatic rings. The number of rotatable bonds is 2. The summed E-state index contributed by atoms with van der Waals surface area (Å²) in [6, 6.07) is 0. The summed E-state index contributed by atoms with van der Waals surface area (Å²) in [5, 5.41) is 23.4. The summed E-state index contributed by atoms with van der Waals surface area (Å²) in [5.74, 6) is -0.111. The largest absolute Gasteiger partial charge is 0.530 e. The molecule has 0 aliphatic carbocycles. The number of nitrogens with zero attached hydrogens (tertiary/aromatic N) is 3. The molecule has 0 aromatic rings. The van der Waals surface area contributed by atoms with Gasteiger partial charge in [0.2, 0.25) is 4.91 Å². The van der Waals surface area contributed by atoms with Crippen molar-refractivity contribution in [3.63, 3.8) is 0 Å². The van der Waals surface area contributed by atoms with Gasteiger partial charge in [-0.3, -0.25) is 0 Å². The molecule has 0 aromatic carbocycles. The number of carboxylic acid groups (broad SMARTS) is 1. The van der Waals surface area contributed by atoms with E-state index in [4.69, 9.17) is 5.53 Å². The third-order valence-electron chi connectivity index (χ3n) is 2.37. The Morgan fingerprint density at radius 2 is 2.50 bits per heavy atom. The molecular formula is C7H12N4O3. The number of amides is 1. The van der Waals surface area contributed by atoms with Crippen LogP contribution in [0.3, 0.4) is 0 Å². The molecule has 0 saturated carbocycles. The molecule has 7 nitrogen and oxygen atoms in total. The van der Waals surface area contributed by atoms with Crippen LogP contribution in [0.25, 0.3) is 0 Å². The fourth-order valence-electron chi connectivity index (χ4n) is 1.50. The van der Waals surface area contributed by atoms with Gasteiger partial charge in [-0.1, -0.05) is 0 Å². The van der Waals surface area contributed by atoms with Crippen LogP contribution in [0.5, 0.6) is 0 Å². The lowest BCUT2D eigenvalue weighted by Gasteiger charge is -2.35. The van der Waals surface area contributed by atoms with E-state index in [1.807, 2.05) is 0 Å². The lowest BCUT2D eigenvalue weighted by molar-refractivity contribution is -0.268. The number of hydrogen-bond acceptors (Lipinski definition) is 5. The Labute approximate surface area is 80.6 Å². The highest BCUT2D eigenvalue weighted by molar-refractivity contribution is 5.62. The van der Waals surface area contributed by atoms with E-state index in [2.05, 4.69) is 10.0 Å². The van der Waals surface area contributed by atoms with Crippen LogP contribution in [0.1, 0.15) is 6.42 Å². The Morgan fingerprint density at radius 3 is 3.00 bits per heavy atom. The Kier molecular flexibility index (Phi) is 3.55. The van der Waals surface area contributed by atoms with Gasteiger partial charge in [0.25, 0.3) is 0 Å². The first-order valence-corrected chi connectivity index (χ1v) is 4.32. The first kappa shape index (κ1) is 10.6. The highest BCUT2D eigenvalue weighted by atomic mass is 16.4. The van der Waals surface area contributed by atoms with Crippen LogP contribution in [0.4, 0.5) is 4.79 Å². The van der Waals surface area contributed by atoms with E-state index in [1.54, 1.807) is 0 Å². The van der Waals surface area contributed by atoms with Crippen LogP contribution in [0.2, 0.25) is 0 Å². The normalized spacial score (nSPS) is 26.8. The first-order chi connectivity index (χ1) is 6.65. The zero-order valence-corrected chi connectivity index (χ0v) is 7.59. The van der Waals surface area contributed by atoms with E-state index >= 15 is 0 Å². The number of nitrogens with one attached hydrogen (secondary N) is 1. The van der Waals surface area contributed by atoms with Crippen molar-refractivity contribution in [2.24, 2.45) is 11.0 Å². The molecule has 2 atom stereocenters. The summed E-state index contributed by atoms with van der Waals surface area (Å²) >= 11 is 0. The number of piperidine rings is 1. The van der Waals surface area contributed by atoms with Crippen LogP contribution in [-0.2, 0) is 0 Å². The molecule has 1 rings (SSSR count). The number of carbonyl (C=O) groups is 1. The van der Waals surface area contributed by atoms with Gasteiger partial charge in [0, 0.05) is 19.0 Å². The fourth-order valence-corrected chi connectivity index (χ4v) is 1.50. The van der Waals surface area contributed by atoms with E-state index in [9.17, 15) is 15.0 Å². The zero-order chi connectivity index (χ0) is 10.6. The standard InChI is InChI=1S/C7H12N4O3/c8-10-9-3-5-1-2-11(7(13)14)4-6(5)12/h5-6,8,12H,1-4H2. The molecule has 1 saturated heterocycles. The lowest BCUT2D eigenvalue weighted by atomic mass is 9.94. The second-order valence-corrected chi connectivity index (χ2v) is 3.25. The minimum absolute atomic E-state index is 0.0561. The van der Waals surface area contributed by atoms with Gasteiger partial charge < -0.3 is 19.9 Å². The number of hydrogen-bond donors (Lipinski definition) is 2. The Balaban J connectivity index is 2.47. The predicted molar refractivity (Wildman–Crippen MR) is 43.2 cm³/mol. The molecule has 14 heavy (non-hydrogen) atoms. The summed E-state index contributed by atoms with van der Waals surface area (Å²) in [5.41, 5.74) is 6.46. The minimum Gasteiger partial charge on any atom is -0.530 e. The van der Waals surface area contributed by atoms with Crippen molar-refractivity contribution in [2.45, 2.75) is 12.5 Å². The van der Waals surface area contributed by atoms with Gasteiger partial charge in [0.05, 0.1) is 6.10 Å². The predicted octanol–water partition coefficient (Wildman–Crippen LogP) is -1.44. The van der Waals surface area contributed by atoms with E-state index < -0.39 is 12.2 Å². The van der Waals surface area contributed by atoms with Crippen molar-refractivity contribution in [1.29, 1.82) is 5.53 Å². The maximum absolute atomic E-state index is 10.5. The summed E-state index contributed by atoms with van der Waals surface area (Å²) < 4.78 is 0. The number of carbonyl (C=O) groups excluding carboxylic acids is 1. The van der Waals surface area contributed by atoms with Crippen LogP contribution in [0.15, 0.2) is 5.11 Å². The number of aliphatic hydroxyl groups is 1. The summed E-state index contributed by atoms with van der Waals surface area (Å²) in [6.07, 6.45) is -1.48. The van der Waals surface area contributed by atoms with Gasteiger partial charge in [-0.25, -0.2) is 0 Å². The maximum atomic E-state index is 10.5. The molecule has 7 heteroatoms. The minimum atomic E-state index is -1.26. The first-order valence-electron chi connectivity index (χ1n) is 4.32. The van der Waals surface area contributed by atoms with Crippen molar-refractivity contribution in [3.05, 3.63) is 0 Å². The van der Waals surface area contributed by atoms with Gasteiger partial charge in [0.1, 0.15) is 23.3 Å². The van der Waals surface area contributed by atoms with Crippen LogP contribution >= 0.6 is 0 Å². The molecule has 78 valence electrons. The molecule has 0 aromatic heterocycles. The van der Waals surface area contributed by atoms with E-state index in [1.165, 1.54) is 0 Å². The van der Waals surface area contributed by atoms with E-state index in [0.717, 1.165) is 4.90 Å². The Morgan fingerprint density at radius 1 is 1.79 bits per heavy atom. The molecular weight excluding hydrogens is 188 g/mol. The van der Waals surface area contributed by atoms with Crippen LogP contribution < -0.4 is 10.0 Å². The van der Waals surface area contributed by atoms with Gasteiger partial charge in [-0.05, 0) is 6.42 Å².